The highest BCUT2D eigenvalue weighted by Gasteiger charge is 2.51. The van der Waals surface area contributed by atoms with Crippen LogP contribution < -0.4 is 5.32 Å². The molecule has 0 aliphatic carbocycles. The largest absolute Gasteiger partial charge is 0.394 e. The lowest BCUT2D eigenvalue weighted by Gasteiger charge is -2.46. The van der Waals surface area contributed by atoms with Crippen molar-refractivity contribution in [2.24, 2.45) is 0 Å². The zero-order chi connectivity index (χ0) is 71.5. The minimum atomic E-state index is -1.78. The van der Waals surface area contributed by atoms with Crippen LogP contribution in [-0.2, 0) is 23.7 Å². The summed E-state index contributed by atoms with van der Waals surface area (Å²) < 4.78 is 23.0. The molecule has 0 aromatic carbocycles. The van der Waals surface area contributed by atoms with Crippen molar-refractivity contribution >= 4 is 5.91 Å². The fourth-order valence-electron chi connectivity index (χ4n) is 14.9. The summed E-state index contributed by atoms with van der Waals surface area (Å²) in [6, 6.07) is -0.827. The van der Waals surface area contributed by atoms with E-state index in [4.69, 9.17) is 18.9 Å². The number of amides is 1. The van der Waals surface area contributed by atoms with Gasteiger partial charge in [-0.1, -0.05) is 398 Å². The van der Waals surface area contributed by atoms with Crippen LogP contribution in [0.25, 0.3) is 0 Å². The van der Waals surface area contributed by atoms with Gasteiger partial charge in [0.05, 0.1) is 32.0 Å². The van der Waals surface area contributed by atoms with Gasteiger partial charge in [0.1, 0.15) is 48.8 Å². The van der Waals surface area contributed by atoms with Gasteiger partial charge in [-0.3, -0.25) is 4.79 Å². The molecule has 99 heavy (non-hydrogen) atoms. The molecule has 12 atom stereocenters. The molecule has 588 valence electrons. The quantitative estimate of drug-likeness (QED) is 0.0204. The maximum absolute atomic E-state index is 13.4. The number of allylic oxidation sites excluding steroid dienone is 2. The molecule has 14 nitrogen and oxygen atoms in total. The van der Waals surface area contributed by atoms with Crippen LogP contribution in [0.1, 0.15) is 431 Å². The van der Waals surface area contributed by atoms with Crippen LogP contribution in [0.2, 0.25) is 0 Å². The molecule has 2 fully saturated rings. The van der Waals surface area contributed by atoms with E-state index in [0.717, 1.165) is 51.4 Å². The molecule has 2 aliphatic rings. The van der Waals surface area contributed by atoms with Crippen molar-refractivity contribution in [1.29, 1.82) is 0 Å². The van der Waals surface area contributed by atoms with Gasteiger partial charge in [0.15, 0.2) is 12.6 Å². The predicted molar refractivity (Wildman–Crippen MR) is 411 cm³/mol. The smallest absolute Gasteiger partial charge is 0.220 e. The third-order valence-corrected chi connectivity index (χ3v) is 21.7. The lowest BCUT2D eigenvalue weighted by atomic mass is 9.97. The molecule has 9 N–H and O–H groups in total. The maximum Gasteiger partial charge on any atom is 0.220 e. The fourth-order valence-corrected chi connectivity index (χ4v) is 14.9. The summed E-state index contributed by atoms with van der Waals surface area (Å²) in [5.74, 6) is -0.195. The van der Waals surface area contributed by atoms with Crippen LogP contribution in [-0.4, -0.2) is 140 Å². The van der Waals surface area contributed by atoms with E-state index in [9.17, 15) is 45.6 Å². The van der Waals surface area contributed by atoms with E-state index in [1.165, 1.54) is 353 Å². The van der Waals surface area contributed by atoms with Crippen LogP contribution in [0.4, 0.5) is 0 Å². The van der Waals surface area contributed by atoms with Crippen molar-refractivity contribution in [1.82, 2.24) is 5.32 Å². The van der Waals surface area contributed by atoms with Gasteiger partial charge >= 0.3 is 0 Å². The number of rotatable bonds is 75. The topological polar surface area (TPSA) is 228 Å². The maximum atomic E-state index is 13.4. The van der Waals surface area contributed by atoms with Gasteiger partial charge in [0.25, 0.3) is 0 Å². The third kappa shape index (κ3) is 52.4. The van der Waals surface area contributed by atoms with Gasteiger partial charge in [-0.05, 0) is 38.5 Å². The van der Waals surface area contributed by atoms with E-state index >= 15 is 0 Å². The number of nitrogens with one attached hydrogen (secondary N) is 1. The normalized spacial score (nSPS) is 21.9. The van der Waals surface area contributed by atoms with Gasteiger partial charge in [0, 0.05) is 6.42 Å². The summed E-state index contributed by atoms with van der Waals surface area (Å²) in [5.41, 5.74) is 0. The molecule has 1 amide bonds. The van der Waals surface area contributed by atoms with Crippen LogP contribution in [0, 0.1) is 0 Å². The van der Waals surface area contributed by atoms with Crippen LogP contribution in [0.5, 0.6) is 0 Å². The molecular formula is C85H165NO13. The average Bonchev–Trinajstić information content (AvgIpc) is 0.799. The minimum absolute atomic E-state index is 0.195. The monoisotopic (exact) mass is 1410 g/mol. The Morgan fingerprint density at radius 3 is 0.960 bits per heavy atom. The lowest BCUT2D eigenvalue weighted by Crippen LogP contribution is -2.65. The van der Waals surface area contributed by atoms with Gasteiger partial charge in [0.2, 0.25) is 5.91 Å². The SMILES string of the molecule is CCCCCCCCCC/C=C\CCCCCCCCCCCCCCCCCCCCCCCCCC(=O)NC(COC1OC(CO)C(OC2OC(CO)C(O)C(O)C2O)C(O)C1O)C(O)CCCCCCCCCCCCCCCCCCCCCCCCCCCCCCCC. The molecule has 0 spiro atoms. The number of carbonyl (C=O) groups is 1. The van der Waals surface area contributed by atoms with Crippen LogP contribution >= 0.6 is 0 Å². The zero-order valence-corrected chi connectivity index (χ0v) is 64.8. The molecule has 2 heterocycles. The van der Waals surface area contributed by atoms with Crippen LogP contribution in [0.15, 0.2) is 12.2 Å². The Balaban J connectivity index is 1.57. The molecule has 2 rings (SSSR count). The number of ether oxygens (including phenoxy) is 4. The minimum Gasteiger partial charge on any atom is -0.394 e. The summed E-state index contributed by atoms with van der Waals surface area (Å²) >= 11 is 0. The first-order valence-corrected chi connectivity index (χ1v) is 43.4. The van der Waals surface area contributed by atoms with Crippen molar-refractivity contribution in [3.05, 3.63) is 12.2 Å². The van der Waals surface area contributed by atoms with E-state index in [1.54, 1.807) is 0 Å². The van der Waals surface area contributed by atoms with Gasteiger partial charge in [-0.2, -0.15) is 0 Å². The number of aliphatic hydroxyl groups excluding tert-OH is 8. The first kappa shape index (κ1) is 93.8. The Kier molecular flexibility index (Phi) is 66.1. The molecule has 2 saturated heterocycles. The Hall–Kier alpha value is -1.27. The van der Waals surface area contributed by atoms with Gasteiger partial charge in [-0.25, -0.2) is 0 Å². The summed E-state index contributed by atoms with van der Waals surface area (Å²) in [7, 11) is 0. The third-order valence-electron chi connectivity index (χ3n) is 21.7. The average molecular weight is 1410 g/mol. The van der Waals surface area contributed by atoms with Crippen molar-refractivity contribution < 1.29 is 64.6 Å². The first-order valence-electron chi connectivity index (χ1n) is 43.4. The highest BCUT2D eigenvalue weighted by Crippen LogP contribution is 2.31. The van der Waals surface area contributed by atoms with E-state index in [2.05, 4.69) is 31.3 Å². The number of hydrogen-bond acceptors (Lipinski definition) is 13. The second-order valence-corrected chi connectivity index (χ2v) is 31.0. The zero-order valence-electron chi connectivity index (χ0n) is 64.8. The molecule has 0 bridgehead atoms. The fraction of sp³-hybridized carbons (Fsp3) is 0.965. The second-order valence-electron chi connectivity index (χ2n) is 31.0. The first-order chi connectivity index (χ1) is 48.6. The molecule has 0 saturated carbocycles. The lowest BCUT2D eigenvalue weighted by molar-refractivity contribution is -0.359. The molecule has 0 radical (unpaired) electrons. The molecule has 12 unspecified atom stereocenters. The number of hydrogen-bond donors (Lipinski definition) is 9. The van der Waals surface area contributed by atoms with Gasteiger partial charge in [-0.15, -0.1) is 0 Å². The van der Waals surface area contributed by atoms with Crippen molar-refractivity contribution in [2.45, 2.75) is 505 Å². The molecule has 0 aromatic heterocycles. The Bertz CT molecular complexity index is 1710. The van der Waals surface area contributed by atoms with E-state index in [1.807, 2.05) is 0 Å². The number of carbonyl (C=O) groups excluding carboxylic acids is 1. The van der Waals surface area contributed by atoms with Crippen LogP contribution in [0.3, 0.4) is 0 Å². The van der Waals surface area contributed by atoms with E-state index < -0.39 is 86.8 Å². The Labute approximate surface area is 609 Å². The highest BCUT2D eigenvalue weighted by atomic mass is 16.7. The summed E-state index contributed by atoms with van der Waals surface area (Å²) in [5, 5.41) is 88.0. The number of unbranched alkanes of at least 4 members (excludes halogenated alkanes) is 60. The van der Waals surface area contributed by atoms with E-state index in [0.29, 0.717) is 12.8 Å². The molecular weight excluding hydrogens is 1240 g/mol. The van der Waals surface area contributed by atoms with E-state index in [-0.39, 0.29) is 12.5 Å². The number of aliphatic hydroxyl groups is 8. The molecule has 0 aromatic rings. The Morgan fingerprint density at radius 2 is 0.636 bits per heavy atom. The molecule has 14 heteroatoms. The van der Waals surface area contributed by atoms with Crippen molar-refractivity contribution in [3.8, 4) is 0 Å². The van der Waals surface area contributed by atoms with Crippen molar-refractivity contribution in [2.75, 3.05) is 19.8 Å². The summed E-state index contributed by atoms with van der Waals surface area (Å²) in [4.78, 5) is 13.4. The predicted octanol–water partition coefficient (Wildman–Crippen LogP) is 20.4. The van der Waals surface area contributed by atoms with Gasteiger partial charge < -0.3 is 65.1 Å². The summed E-state index contributed by atoms with van der Waals surface area (Å²) in [6.45, 7) is 2.95. The molecule has 2 aliphatic heterocycles. The Morgan fingerprint density at radius 1 is 0.354 bits per heavy atom. The standard InChI is InChI=1S/C85H165NO13/c1-3-5-7-9-11-13-15-17-19-21-23-25-27-29-31-33-35-36-37-38-39-41-43-45-47-49-51-53-55-57-59-61-63-65-67-69-77(90)86-73(72-96-84-82(95)80(93)83(76(71-88)98-84)99-85-81(94)79(92)78(91)75(70-87)97-85)74(89)68-66-64-62-60-58-56-54-52-50-48-46-44-42-40-34-32-30-28-26-24-22-20-18-16-14-12-10-8-6-4-2/h21,23,73-76,78-85,87-89,91-95H,3-20,22,24-72H2,1-2H3,(H,86,90)/b23-21-. The summed E-state index contributed by atoms with van der Waals surface area (Å²) in [6.07, 6.45) is 72.8. The second kappa shape index (κ2) is 69.8. The van der Waals surface area contributed by atoms with Crippen molar-refractivity contribution in [3.63, 3.8) is 0 Å². The highest BCUT2D eigenvalue weighted by molar-refractivity contribution is 5.76.